The molecule has 0 saturated carbocycles. The van der Waals surface area contributed by atoms with E-state index in [1.54, 1.807) is 6.07 Å². The third kappa shape index (κ3) is 3.93. The molecule has 1 fully saturated rings. The molecule has 1 aromatic carbocycles. The summed E-state index contributed by atoms with van der Waals surface area (Å²) in [5.41, 5.74) is 1.87. The van der Waals surface area contributed by atoms with Crippen molar-refractivity contribution in [1.29, 1.82) is 0 Å². The van der Waals surface area contributed by atoms with Crippen molar-refractivity contribution in [3.05, 3.63) is 29.6 Å². The van der Waals surface area contributed by atoms with Crippen LogP contribution in [-0.4, -0.2) is 44.7 Å². The van der Waals surface area contributed by atoms with Crippen LogP contribution in [0.3, 0.4) is 0 Å². The van der Waals surface area contributed by atoms with Gasteiger partial charge in [0.15, 0.2) is 0 Å². The molecule has 3 nitrogen and oxygen atoms in total. The second kappa shape index (κ2) is 7.60. The molecule has 2 rings (SSSR count). The number of anilines is 1. The molecule has 1 aliphatic rings. The minimum Gasteiger partial charge on any atom is -0.370 e. The second-order valence-corrected chi connectivity index (χ2v) is 5.56. The highest BCUT2D eigenvalue weighted by Gasteiger charge is 2.17. The summed E-state index contributed by atoms with van der Waals surface area (Å²) in [7, 11) is 2.15. The Balaban J connectivity index is 2.14. The first kappa shape index (κ1) is 15.3. The Kier molecular flexibility index (Phi) is 5.80. The third-order valence-corrected chi connectivity index (χ3v) is 3.88. The lowest BCUT2D eigenvalue weighted by Crippen LogP contribution is -2.30. The van der Waals surface area contributed by atoms with Crippen LogP contribution in [0.1, 0.15) is 25.3 Å². The van der Waals surface area contributed by atoms with E-state index in [0.29, 0.717) is 6.54 Å². The lowest BCUT2D eigenvalue weighted by atomic mass is 10.1. The molecular weight excluding hydrogens is 253 g/mol. The molecule has 0 radical (unpaired) electrons. The van der Waals surface area contributed by atoms with Crippen molar-refractivity contribution < 1.29 is 4.39 Å². The van der Waals surface area contributed by atoms with Gasteiger partial charge in [-0.15, -0.1) is 0 Å². The Labute approximate surface area is 121 Å². The zero-order valence-corrected chi connectivity index (χ0v) is 12.7. The molecule has 0 amide bonds. The molecule has 4 heteroatoms. The van der Waals surface area contributed by atoms with Gasteiger partial charge >= 0.3 is 0 Å². The van der Waals surface area contributed by atoms with E-state index in [0.717, 1.165) is 56.8 Å². The van der Waals surface area contributed by atoms with Crippen LogP contribution in [0.2, 0.25) is 0 Å². The van der Waals surface area contributed by atoms with Crippen LogP contribution < -0.4 is 10.2 Å². The number of nitrogens with zero attached hydrogens (tertiary/aromatic N) is 2. The van der Waals surface area contributed by atoms with Crippen LogP contribution in [0.15, 0.2) is 18.2 Å². The van der Waals surface area contributed by atoms with Crippen molar-refractivity contribution in [2.24, 2.45) is 0 Å². The Morgan fingerprint density at radius 3 is 2.85 bits per heavy atom. The Morgan fingerprint density at radius 1 is 1.20 bits per heavy atom. The molecule has 0 aliphatic carbocycles. The summed E-state index contributed by atoms with van der Waals surface area (Å²) < 4.78 is 14.1. The maximum Gasteiger partial charge on any atom is 0.129 e. The molecule has 0 aromatic heterocycles. The number of hydrogen-bond donors (Lipinski definition) is 1. The Bertz CT molecular complexity index is 422. The van der Waals surface area contributed by atoms with E-state index < -0.39 is 0 Å². The van der Waals surface area contributed by atoms with Crippen LogP contribution in [0, 0.1) is 5.82 Å². The quantitative estimate of drug-likeness (QED) is 0.835. The largest absolute Gasteiger partial charge is 0.370 e. The molecule has 1 saturated heterocycles. The fourth-order valence-corrected chi connectivity index (χ4v) is 2.70. The average molecular weight is 279 g/mol. The predicted octanol–water partition coefficient (Wildman–Crippen LogP) is 2.47. The van der Waals surface area contributed by atoms with Gasteiger partial charge in [0.1, 0.15) is 5.82 Å². The van der Waals surface area contributed by atoms with Crippen LogP contribution in [-0.2, 0) is 6.54 Å². The van der Waals surface area contributed by atoms with Crippen molar-refractivity contribution in [1.82, 2.24) is 10.2 Å². The zero-order valence-electron chi connectivity index (χ0n) is 12.7. The third-order valence-electron chi connectivity index (χ3n) is 3.88. The summed E-state index contributed by atoms with van der Waals surface area (Å²) in [6.07, 6.45) is 2.20. The maximum absolute atomic E-state index is 14.1. The van der Waals surface area contributed by atoms with Crippen LogP contribution in [0.5, 0.6) is 0 Å². The van der Waals surface area contributed by atoms with Gasteiger partial charge in [-0.2, -0.15) is 0 Å². The molecule has 1 heterocycles. The lowest BCUT2D eigenvalue weighted by Gasteiger charge is -2.26. The van der Waals surface area contributed by atoms with E-state index in [4.69, 9.17) is 0 Å². The molecule has 1 aromatic rings. The summed E-state index contributed by atoms with van der Waals surface area (Å²) in [5.74, 6) is -0.0938. The van der Waals surface area contributed by atoms with E-state index in [-0.39, 0.29) is 5.82 Å². The number of benzene rings is 1. The second-order valence-electron chi connectivity index (χ2n) is 5.56. The first-order valence-electron chi connectivity index (χ1n) is 7.64. The first-order chi connectivity index (χ1) is 9.72. The zero-order chi connectivity index (χ0) is 14.4. The van der Waals surface area contributed by atoms with E-state index in [1.807, 2.05) is 6.07 Å². The highest BCUT2D eigenvalue weighted by atomic mass is 19.1. The van der Waals surface area contributed by atoms with Crippen molar-refractivity contribution in [3.63, 3.8) is 0 Å². The number of rotatable bonds is 5. The molecule has 1 aliphatic heterocycles. The minimum atomic E-state index is -0.0938. The summed E-state index contributed by atoms with van der Waals surface area (Å²) in [4.78, 5) is 4.67. The van der Waals surface area contributed by atoms with Gasteiger partial charge in [0.05, 0.1) is 0 Å². The fourth-order valence-electron chi connectivity index (χ4n) is 2.70. The maximum atomic E-state index is 14.1. The summed E-state index contributed by atoms with van der Waals surface area (Å²) in [6.45, 7) is 7.81. The van der Waals surface area contributed by atoms with Gasteiger partial charge in [0.2, 0.25) is 0 Å². The predicted molar refractivity (Wildman–Crippen MR) is 82.7 cm³/mol. The molecule has 20 heavy (non-hydrogen) atoms. The summed E-state index contributed by atoms with van der Waals surface area (Å²) in [6, 6.07) is 5.44. The van der Waals surface area contributed by atoms with Crippen LogP contribution in [0.4, 0.5) is 10.1 Å². The molecule has 112 valence electrons. The Hall–Kier alpha value is -1.13. The van der Waals surface area contributed by atoms with Gasteiger partial charge in [-0.3, -0.25) is 0 Å². The van der Waals surface area contributed by atoms with Gasteiger partial charge in [0.25, 0.3) is 0 Å². The molecule has 0 atom stereocenters. The first-order valence-corrected chi connectivity index (χ1v) is 7.64. The van der Waals surface area contributed by atoms with Crippen molar-refractivity contribution in [2.75, 3.05) is 44.7 Å². The van der Waals surface area contributed by atoms with Gasteiger partial charge < -0.3 is 15.1 Å². The molecule has 0 unspecified atom stereocenters. The molecular formula is C16H26FN3. The topological polar surface area (TPSA) is 18.5 Å². The molecule has 0 spiro atoms. The van der Waals surface area contributed by atoms with Gasteiger partial charge in [0, 0.05) is 37.4 Å². The van der Waals surface area contributed by atoms with Gasteiger partial charge in [-0.25, -0.2) is 4.39 Å². The van der Waals surface area contributed by atoms with Gasteiger partial charge in [-0.05, 0) is 45.1 Å². The minimum absolute atomic E-state index is 0.0938. The van der Waals surface area contributed by atoms with E-state index in [2.05, 4.69) is 35.2 Å². The van der Waals surface area contributed by atoms with E-state index in [9.17, 15) is 4.39 Å². The standard InChI is InChI=1S/C16H26FN3/c1-3-8-18-13-14-15(17)6-4-7-16(14)20-10-5-9-19(2)11-12-20/h4,6-7,18H,3,5,8-13H2,1-2H3. The van der Waals surface area contributed by atoms with Gasteiger partial charge in [-0.1, -0.05) is 13.0 Å². The fraction of sp³-hybridized carbons (Fsp3) is 0.625. The number of halogens is 1. The normalized spacial score (nSPS) is 17.2. The van der Waals surface area contributed by atoms with Crippen molar-refractivity contribution in [2.45, 2.75) is 26.3 Å². The highest BCUT2D eigenvalue weighted by molar-refractivity contribution is 5.54. The number of likely N-dealkylation sites (N-methyl/N-ethyl adjacent to an activating group) is 1. The molecule has 0 bridgehead atoms. The number of hydrogen-bond acceptors (Lipinski definition) is 3. The monoisotopic (exact) mass is 279 g/mol. The van der Waals surface area contributed by atoms with E-state index in [1.165, 1.54) is 0 Å². The van der Waals surface area contributed by atoms with Crippen LogP contribution in [0.25, 0.3) is 0 Å². The number of nitrogens with one attached hydrogen (secondary N) is 1. The van der Waals surface area contributed by atoms with Crippen molar-refractivity contribution in [3.8, 4) is 0 Å². The van der Waals surface area contributed by atoms with E-state index >= 15 is 0 Å². The molecule has 1 N–H and O–H groups in total. The smallest absolute Gasteiger partial charge is 0.129 e. The summed E-state index contributed by atoms with van der Waals surface area (Å²) >= 11 is 0. The van der Waals surface area contributed by atoms with Crippen molar-refractivity contribution >= 4 is 5.69 Å². The highest BCUT2D eigenvalue weighted by Crippen LogP contribution is 2.24. The SMILES string of the molecule is CCCNCc1c(F)cccc1N1CCCN(C)CC1. The van der Waals surface area contributed by atoms with Crippen LogP contribution >= 0.6 is 0 Å². The summed E-state index contributed by atoms with van der Waals surface area (Å²) in [5, 5.41) is 3.32. The lowest BCUT2D eigenvalue weighted by molar-refractivity contribution is 0.360. The average Bonchev–Trinajstić information content (AvgIpc) is 2.65. The Morgan fingerprint density at radius 2 is 2.05 bits per heavy atom.